The van der Waals surface area contributed by atoms with E-state index in [9.17, 15) is 9.59 Å². The van der Waals surface area contributed by atoms with E-state index in [1.807, 2.05) is 70.2 Å². The molecule has 0 saturated carbocycles. The van der Waals surface area contributed by atoms with Crippen molar-refractivity contribution in [1.29, 1.82) is 0 Å². The minimum absolute atomic E-state index is 0.264. The Labute approximate surface area is 187 Å². The summed E-state index contributed by atoms with van der Waals surface area (Å²) < 4.78 is 0. The van der Waals surface area contributed by atoms with Gasteiger partial charge in [0.25, 0.3) is 11.8 Å². The summed E-state index contributed by atoms with van der Waals surface area (Å²) in [6, 6.07) is 18.8. The summed E-state index contributed by atoms with van der Waals surface area (Å²) in [5.74, 6) is -0.761. The summed E-state index contributed by atoms with van der Waals surface area (Å²) in [5, 5.41) is 3.67. The molecule has 0 aliphatic carbocycles. The summed E-state index contributed by atoms with van der Waals surface area (Å²) in [5.41, 5.74) is 6.53. The lowest BCUT2D eigenvalue weighted by atomic mass is 9.97. The van der Waals surface area contributed by atoms with Crippen molar-refractivity contribution in [2.24, 2.45) is 0 Å². The number of hydrogen-bond acceptors (Lipinski definition) is 3. The first-order valence-electron chi connectivity index (χ1n) is 10.1. The normalized spacial score (nSPS) is 13.9. The number of hydrogen-bond donors (Lipinski definition) is 1. The lowest BCUT2D eigenvalue weighted by Crippen LogP contribution is -2.33. The summed E-state index contributed by atoms with van der Waals surface area (Å²) in [7, 11) is 0. The zero-order chi connectivity index (χ0) is 22.3. The smallest absolute Gasteiger partial charge is 0.282 e. The Balaban J connectivity index is 1.88. The number of carbonyl (C=O) groups excluding carboxylic acids is 2. The third kappa shape index (κ3) is 3.87. The van der Waals surface area contributed by atoms with Crippen LogP contribution in [0.15, 0.2) is 66.4 Å². The molecule has 3 aromatic rings. The molecule has 0 aromatic heterocycles. The van der Waals surface area contributed by atoms with Gasteiger partial charge in [-0.1, -0.05) is 59.1 Å². The molecule has 0 fully saturated rings. The Hall–Kier alpha value is -3.37. The molecule has 0 saturated heterocycles. The Morgan fingerprint density at radius 3 is 2.10 bits per heavy atom. The van der Waals surface area contributed by atoms with E-state index >= 15 is 0 Å². The van der Waals surface area contributed by atoms with Gasteiger partial charge in [-0.25, -0.2) is 4.90 Å². The van der Waals surface area contributed by atoms with Crippen LogP contribution in [0, 0.1) is 27.7 Å². The van der Waals surface area contributed by atoms with Crippen molar-refractivity contribution in [3.8, 4) is 0 Å². The average molecular weight is 431 g/mol. The lowest BCUT2D eigenvalue weighted by molar-refractivity contribution is -0.120. The third-order valence-corrected chi connectivity index (χ3v) is 5.70. The van der Waals surface area contributed by atoms with Crippen molar-refractivity contribution in [2.45, 2.75) is 27.7 Å². The lowest BCUT2D eigenvalue weighted by Gasteiger charge is -2.18. The maximum atomic E-state index is 13.6. The predicted molar refractivity (Wildman–Crippen MR) is 126 cm³/mol. The molecule has 0 atom stereocenters. The van der Waals surface area contributed by atoms with Crippen molar-refractivity contribution in [2.75, 3.05) is 10.2 Å². The summed E-state index contributed by atoms with van der Waals surface area (Å²) in [6.45, 7) is 7.80. The summed E-state index contributed by atoms with van der Waals surface area (Å²) in [4.78, 5) is 28.4. The highest BCUT2D eigenvalue weighted by Crippen LogP contribution is 2.37. The molecule has 0 radical (unpaired) electrons. The van der Waals surface area contributed by atoms with Gasteiger partial charge >= 0.3 is 0 Å². The van der Waals surface area contributed by atoms with Gasteiger partial charge in [-0.3, -0.25) is 9.59 Å². The van der Waals surface area contributed by atoms with Gasteiger partial charge in [0.1, 0.15) is 5.70 Å². The predicted octanol–water partition coefficient (Wildman–Crippen LogP) is 5.97. The van der Waals surface area contributed by atoms with Crippen molar-refractivity contribution in [1.82, 2.24) is 0 Å². The molecule has 0 spiro atoms. The van der Waals surface area contributed by atoms with Crippen LogP contribution >= 0.6 is 11.6 Å². The first-order chi connectivity index (χ1) is 14.8. The van der Waals surface area contributed by atoms with Crippen LogP contribution < -0.4 is 10.2 Å². The average Bonchev–Trinajstić information content (AvgIpc) is 2.95. The fraction of sp³-hybridized carbons (Fsp3) is 0.154. The molecule has 156 valence electrons. The van der Waals surface area contributed by atoms with Gasteiger partial charge in [-0.2, -0.15) is 0 Å². The van der Waals surface area contributed by atoms with E-state index in [2.05, 4.69) is 5.32 Å². The topological polar surface area (TPSA) is 49.4 Å². The molecule has 1 aliphatic heterocycles. The highest BCUT2D eigenvalue weighted by Gasteiger charge is 2.41. The maximum absolute atomic E-state index is 13.6. The second kappa shape index (κ2) is 8.05. The number of imide groups is 1. The highest BCUT2D eigenvalue weighted by molar-refractivity contribution is 6.46. The molecule has 0 unspecified atom stereocenters. The largest absolute Gasteiger partial charge is 0.350 e. The van der Waals surface area contributed by atoms with E-state index < -0.39 is 5.91 Å². The number of aryl methyl sites for hydroxylation is 4. The highest BCUT2D eigenvalue weighted by atomic mass is 35.5. The van der Waals surface area contributed by atoms with Crippen molar-refractivity contribution in [3.05, 3.63) is 99.2 Å². The first-order valence-corrected chi connectivity index (χ1v) is 10.4. The first kappa shape index (κ1) is 20.9. The van der Waals surface area contributed by atoms with Gasteiger partial charge in [-0.15, -0.1) is 0 Å². The summed E-state index contributed by atoms with van der Waals surface area (Å²) in [6.07, 6.45) is 0. The van der Waals surface area contributed by atoms with Gasteiger partial charge in [0.2, 0.25) is 0 Å². The van der Waals surface area contributed by atoms with E-state index in [1.165, 1.54) is 4.90 Å². The molecule has 31 heavy (non-hydrogen) atoms. The molecule has 1 heterocycles. The number of benzene rings is 3. The minimum atomic E-state index is -0.397. The fourth-order valence-electron chi connectivity index (χ4n) is 3.81. The third-order valence-electron chi connectivity index (χ3n) is 5.47. The molecular formula is C26H23ClN2O2. The zero-order valence-corrected chi connectivity index (χ0v) is 18.7. The van der Waals surface area contributed by atoms with Crippen molar-refractivity contribution in [3.63, 3.8) is 0 Å². The second-order valence-electron chi connectivity index (χ2n) is 7.94. The molecule has 4 rings (SSSR count). The van der Waals surface area contributed by atoms with Crippen LogP contribution in [-0.4, -0.2) is 11.8 Å². The van der Waals surface area contributed by atoms with Crippen LogP contribution in [-0.2, 0) is 9.59 Å². The van der Waals surface area contributed by atoms with Crippen LogP contribution in [0.25, 0.3) is 5.57 Å². The molecule has 4 nitrogen and oxygen atoms in total. The number of amides is 2. The van der Waals surface area contributed by atoms with E-state index in [4.69, 9.17) is 11.6 Å². The number of anilines is 2. The number of halogens is 1. The summed E-state index contributed by atoms with van der Waals surface area (Å²) >= 11 is 6.19. The second-order valence-corrected chi connectivity index (χ2v) is 8.37. The van der Waals surface area contributed by atoms with E-state index in [0.717, 1.165) is 33.5 Å². The zero-order valence-electron chi connectivity index (χ0n) is 17.9. The van der Waals surface area contributed by atoms with Crippen LogP contribution in [0.1, 0.15) is 27.8 Å². The van der Waals surface area contributed by atoms with Gasteiger partial charge in [0, 0.05) is 10.7 Å². The van der Waals surface area contributed by atoms with Gasteiger partial charge < -0.3 is 5.32 Å². The number of nitrogens with one attached hydrogen (secondary N) is 1. The molecule has 0 bridgehead atoms. The van der Waals surface area contributed by atoms with E-state index in [0.29, 0.717) is 16.3 Å². The molecule has 1 N–H and O–H groups in total. The molecular weight excluding hydrogens is 408 g/mol. The van der Waals surface area contributed by atoms with Crippen LogP contribution in [0.2, 0.25) is 5.02 Å². The number of nitrogens with zero attached hydrogens (tertiary/aromatic N) is 1. The van der Waals surface area contributed by atoms with Crippen molar-refractivity contribution >= 4 is 40.4 Å². The Bertz CT molecular complexity index is 1240. The number of rotatable bonds is 4. The Kier molecular flexibility index (Phi) is 5.42. The quantitative estimate of drug-likeness (QED) is 0.518. The molecule has 3 aromatic carbocycles. The van der Waals surface area contributed by atoms with Gasteiger partial charge in [-0.05, 0) is 68.7 Å². The van der Waals surface area contributed by atoms with Crippen molar-refractivity contribution < 1.29 is 9.59 Å². The Morgan fingerprint density at radius 2 is 1.42 bits per heavy atom. The van der Waals surface area contributed by atoms with Crippen LogP contribution in [0.4, 0.5) is 11.4 Å². The SMILES string of the molecule is Cc1ccc(NC2=C(c3ccc(C)cc3C)C(=O)N(c3cc(Cl)ccc3C)C2=O)cc1. The van der Waals surface area contributed by atoms with E-state index in [1.54, 1.807) is 18.2 Å². The molecule has 1 aliphatic rings. The van der Waals surface area contributed by atoms with Gasteiger partial charge in [0.05, 0.1) is 11.3 Å². The molecule has 5 heteroatoms. The minimum Gasteiger partial charge on any atom is -0.350 e. The Morgan fingerprint density at radius 1 is 0.742 bits per heavy atom. The van der Waals surface area contributed by atoms with Crippen LogP contribution in [0.3, 0.4) is 0 Å². The molecule has 2 amide bonds. The maximum Gasteiger partial charge on any atom is 0.282 e. The number of carbonyl (C=O) groups is 2. The monoisotopic (exact) mass is 430 g/mol. The van der Waals surface area contributed by atoms with E-state index in [-0.39, 0.29) is 11.6 Å². The van der Waals surface area contributed by atoms with Crippen LogP contribution in [0.5, 0.6) is 0 Å². The standard InChI is InChI=1S/C26H23ClN2O2/c1-15-5-10-20(11-6-15)28-24-23(21-12-7-16(2)13-18(21)4)25(30)29(26(24)31)22-14-19(27)9-8-17(22)3/h5-14,28H,1-4H3. The fourth-order valence-corrected chi connectivity index (χ4v) is 3.98. The van der Waals surface area contributed by atoms with Gasteiger partial charge in [0.15, 0.2) is 0 Å².